The molecule has 1 aliphatic carbocycles. The maximum absolute atomic E-state index is 12.6. The summed E-state index contributed by atoms with van der Waals surface area (Å²) in [5.41, 5.74) is 5.70. The van der Waals surface area contributed by atoms with Crippen LogP contribution in [0, 0.1) is 5.41 Å². The second-order valence-corrected chi connectivity index (χ2v) is 6.34. The number of thiocarbonyl (C=S) groups is 1. The molecule has 1 aromatic carbocycles. The van der Waals surface area contributed by atoms with Gasteiger partial charge in [0.15, 0.2) is 0 Å². The standard InChI is InChI=1S/C14H16Cl2N2OS/c15-10-5-4-9(8-11(10)16)18-13(19)14(12(17)20)6-2-1-3-7-14/h4-5,8H,1-3,6-7H2,(H2,17,20)(H,18,19). The fourth-order valence-electron chi connectivity index (χ4n) is 2.57. The van der Waals surface area contributed by atoms with Crippen molar-refractivity contribution in [3.63, 3.8) is 0 Å². The summed E-state index contributed by atoms with van der Waals surface area (Å²) in [6.07, 6.45) is 4.45. The van der Waals surface area contributed by atoms with Crippen molar-refractivity contribution in [2.75, 3.05) is 5.32 Å². The van der Waals surface area contributed by atoms with Gasteiger partial charge in [0.1, 0.15) is 0 Å². The molecule has 3 nitrogen and oxygen atoms in total. The molecule has 1 fully saturated rings. The molecule has 1 amide bonds. The van der Waals surface area contributed by atoms with Gasteiger partial charge in [-0.3, -0.25) is 4.79 Å². The van der Waals surface area contributed by atoms with Gasteiger partial charge in [-0.15, -0.1) is 0 Å². The van der Waals surface area contributed by atoms with E-state index < -0.39 is 5.41 Å². The third kappa shape index (κ3) is 3.08. The zero-order valence-electron chi connectivity index (χ0n) is 10.9. The highest BCUT2D eigenvalue weighted by Crippen LogP contribution is 2.38. The van der Waals surface area contributed by atoms with Crippen molar-refractivity contribution < 1.29 is 4.79 Å². The molecule has 0 saturated heterocycles. The van der Waals surface area contributed by atoms with Crippen LogP contribution in [0.1, 0.15) is 32.1 Å². The van der Waals surface area contributed by atoms with E-state index in [1.54, 1.807) is 18.2 Å². The number of anilines is 1. The van der Waals surface area contributed by atoms with E-state index in [-0.39, 0.29) is 10.9 Å². The number of halogens is 2. The Labute approximate surface area is 133 Å². The van der Waals surface area contributed by atoms with Gasteiger partial charge >= 0.3 is 0 Å². The van der Waals surface area contributed by atoms with Crippen molar-refractivity contribution in [3.8, 4) is 0 Å². The molecular formula is C14H16Cl2N2OS. The number of benzene rings is 1. The summed E-state index contributed by atoms with van der Waals surface area (Å²) in [4.78, 5) is 12.8. The van der Waals surface area contributed by atoms with Crippen LogP contribution < -0.4 is 11.1 Å². The Kier molecular flexibility index (Phi) is 4.89. The first-order chi connectivity index (χ1) is 9.45. The Morgan fingerprint density at radius 1 is 1.20 bits per heavy atom. The van der Waals surface area contributed by atoms with Crippen LogP contribution in [-0.2, 0) is 4.79 Å². The topological polar surface area (TPSA) is 55.1 Å². The highest BCUT2D eigenvalue weighted by Gasteiger charge is 2.42. The van der Waals surface area contributed by atoms with Crippen LogP contribution in [0.2, 0.25) is 10.0 Å². The molecule has 0 atom stereocenters. The van der Waals surface area contributed by atoms with Crippen LogP contribution in [-0.4, -0.2) is 10.9 Å². The van der Waals surface area contributed by atoms with E-state index >= 15 is 0 Å². The Hall–Kier alpha value is -0.840. The third-order valence-corrected chi connectivity index (χ3v) is 4.92. The fraction of sp³-hybridized carbons (Fsp3) is 0.429. The summed E-state index contributed by atoms with van der Waals surface area (Å²) in [6.45, 7) is 0. The monoisotopic (exact) mass is 330 g/mol. The van der Waals surface area contributed by atoms with E-state index in [9.17, 15) is 4.79 Å². The van der Waals surface area contributed by atoms with Gasteiger partial charge in [-0.1, -0.05) is 54.7 Å². The zero-order valence-corrected chi connectivity index (χ0v) is 13.2. The second kappa shape index (κ2) is 6.29. The maximum atomic E-state index is 12.6. The molecule has 1 aliphatic rings. The Morgan fingerprint density at radius 2 is 1.85 bits per heavy atom. The van der Waals surface area contributed by atoms with Crippen molar-refractivity contribution in [2.45, 2.75) is 32.1 Å². The minimum absolute atomic E-state index is 0.150. The lowest BCUT2D eigenvalue weighted by Gasteiger charge is -2.34. The number of nitrogens with two attached hydrogens (primary N) is 1. The van der Waals surface area contributed by atoms with Crippen molar-refractivity contribution in [2.24, 2.45) is 11.1 Å². The summed E-state index contributed by atoms with van der Waals surface area (Å²) in [6, 6.07) is 4.98. The summed E-state index contributed by atoms with van der Waals surface area (Å²) >= 11 is 16.9. The molecule has 6 heteroatoms. The van der Waals surface area contributed by atoms with Crippen LogP contribution in [0.25, 0.3) is 0 Å². The quantitative estimate of drug-likeness (QED) is 0.818. The first-order valence-electron chi connectivity index (χ1n) is 6.52. The molecular weight excluding hydrogens is 315 g/mol. The number of carbonyl (C=O) groups excluding carboxylic acids is 1. The average molecular weight is 331 g/mol. The van der Waals surface area contributed by atoms with Crippen molar-refractivity contribution in [3.05, 3.63) is 28.2 Å². The average Bonchev–Trinajstić information content (AvgIpc) is 2.43. The number of hydrogen-bond donors (Lipinski definition) is 2. The Morgan fingerprint density at radius 3 is 2.40 bits per heavy atom. The first kappa shape index (κ1) is 15.5. The van der Waals surface area contributed by atoms with Gasteiger partial charge in [-0.05, 0) is 31.0 Å². The first-order valence-corrected chi connectivity index (χ1v) is 7.68. The molecule has 0 heterocycles. The molecule has 3 N–H and O–H groups in total. The highest BCUT2D eigenvalue weighted by molar-refractivity contribution is 7.80. The van der Waals surface area contributed by atoms with E-state index in [4.69, 9.17) is 41.2 Å². The van der Waals surface area contributed by atoms with E-state index in [0.29, 0.717) is 28.6 Å². The molecule has 2 rings (SSSR count). The van der Waals surface area contributed by atoms with Crippen LogP contribution in [0.3, 0.4) is 0 Å². The Balaban J connectivity index is 2.20. The van der Waals surface area contributed by atoms with E-state index in [1.807, 2.05) is 0 Å². The molecule has 0 aliphatic heterocycles. The predicted molar refractivity (Wildman–Crippen MR) is 87.4 cm³/mol. The summed E-state index contributed by atoms with van der Waals surface area (Å²) in [5, 5.41) is 3.70. The van der Waals surface area contributed by atoms with Gasteiger partial charge in [0.2, 0.25) is 5.91 Å². The largest absolute Gasteiger partial charge is 0.392 e. The number of rotatable bonds is 3. The summed E-state index contributed by atoms with van der Waals surface area (Å²) in [7, 11) is 0. The Bertz CT molecular complexity index is 542. The van der Waals surface area contributed by atoms with Crippen molar-refractivity contribution >= 4 is 52.0 Å². The van der Waals surface area contributed by atoms with Crippen LogP contribution in [0.4, 0.5) is 5.69 Å². The van der Waals surface area contributed by atoms with Gasteiger partial charge in [0.05, 0.1) is 20.4 Å². The van der Waals surface area contributed by atoms with Crippen LogP contribution in [0.15, 0.2) is 18.2 Å². The third-order valence-electron chi connectivity index (χ3n) is 3.79. The van der Waals surface area contributed by atoms with Gasteiger partial charge in [-0.2, -0.15) is 0 Å². The second-order valence-electron chi connectivity index (χ2n) is 5.09. The lowest BCUT2D eigenvalue weighted by atomic mass is 9.73. The molecule has 0 spiro atoms. The zero-order chi connectivity index (χ0) is 14.8. The molecule has 108 valence electrons. The van der Waals surface area contributed by atoms with E-state index in [0.717, 1.165) is 19.3 Å². The summed E-state index contributed by atoms with van der Waals surface area (Å²) in [5.74, 6) is -0.150. The van der Waals surface area contributed by atoms with Gasteiger partial charge in [0.25, 0.3) is 0 Å². The number of amides is 1. The van der Waals surface area contributed by atoms with E-state index in [2.05, 4.69) is 5.32 Å². The van der Waals surface area contributed by atoms with Gasteiger partial charge in [-0.25, -0.2) is 0 Å². The summed E-state index contributed by atoms with van der Waals surface area (Å²) < 4.78 is 0. The van der Waals surface area contributed by atoms with Crippen LogP contribution in [0.5, 0.6) is 0 Å². The normalized spacial score (nSPS) is 17.5. The van der Waals surface area contributed by atoms with Gasteiger partial charge < -0.3 is 11.1 Å². The predicted octanol–water partition coefficient (Wildman–Crippen LogP) is 4.17. The lowest BCUT2D eigenvalue weighted by Crippen LogP contribution is -2.47. The molecule has 0 unspecified atom stereocenters. The maximum Gasteiger partial charge on any atom is 0.237 e. The lowest BCUT2D eigenvalue weighted by molar-refractivity contribution is -0.123. The molecule has 1 aromatic rings. The molecule has 1 saturated carbocycles. The van der Waals surface area contributed by atoms with E-state index in [1.165, 1.54) is 0 Å². The van der Waals surface area contributed by atoms with Crippen molar-refractivity contribution in [1.82, 2.24) is 0 Å². The molecule has 0 aromatic heterocycles. The SMILES string of the molecule is NC(=S)C1(C(=O)Nc2ccc(Cl)c(Cl)c2)CCCCC1. The van der Waals surface area contributed by atoms with Gasteiger partial charge in [0, 0.05) is 5.69 Å². The molecule has 0 bridgehead atoms. The molecule has 0 radical (unpaired) electrons. The number of nitrogens with one attached hydrogen (secondary N) is 1. The smallest absolute Gasteiger partial charge is 0.237 e. The highest BCUT2D eigenvalue weighted by atomic mass is 35.5. The molecule has 20 heavy (non-hydrogen) atoms. The van der Waals surface area contributed by atoms with Crippen molar-refractivity contribution in [1.29, 1.82) is 0 Å². The fourth-order valence-corrected chi connectivity index (χ4v) is 3.16. The number of carbonyl (C=O) groups is 1. The number of hydrogen-bond acceptors (Lipinski definition) is 2. The van der Waals surface area contributed by atoms with Crippen LogP contribution >= 0.6 is 35.4 Å². The minimum Gasteiger partial charge on any atom is -0.392 e. The minimum atomic E-state index is -0.736.